The molecule has 0 aliphatic heterocycles. The first-order valence-electron chi connectivity index (χ1n) is 7.67. The van der Waals surface area contributed by atoms with Crippen LogP contribution >= 0.6 is 0 Å². The van der Waals surface area contributed by atoms with Crippen LogP contribution < -0.4 is 4.74 Å². The van der Waals surface area contributed by atoms with Crippen LogP contribution in [0.4, 0.5) is 0 Å². The third-order valence-electron chi connectivity index (χ3n) is 4.27. The molecule has 0 spiro atoms. The fourth-order valence-electron chi connectivity index (χ4n) is 2.69. The Morgan fingerprint density at radius 2 is 1.95 bits per heavy atom. The number of aryl methyl sites for hydroxylation is 1. The summed E-state index contributed by atoms with van der Waals surface area (Å²) in [6.45, 7) is 3.11. The highest BCUT2D eigenvalue weighted by molar-refractivity contribution is 5.86. The van der Waals surface area contributed by atoms with Gasteiger partial charge >= 0.3 is 5.97 Å². The maximum absolute atomic E-state index is 12.2. The zero-order valence-electron chi connectivity index (χ0n) is 13.1. The van der Waals surface area contributed by atoms with E-state index in [1.54, 1.807) is 11.9 Å². The van der Waals surface area contributed by atoms with Gasteiger partial charge in [0.25, 0.3) is 0 Å². The van der Waals surface area contributed by atoms with Gasteiger partial charge in [-0.1, -0.05) is 18.2 Å². The standard InChI is InChI=1S/C17H23NO4/c1-12-6-3-4-7-15(12)22-11-5-10-18(2)16(19)13-8-9-14(13)17(20)21/h3-4,6-7,13-14H,5,8-11H2,1-2H3,(H,20,21). The van der Waals surface area contributed by atoms with Crippen LogP contribution in [0.5, 0.6) is 5.75 Å². The summed E-state index contributed by atoms with van der Waals surface area (Å²) in [4.78, 5) is 24.8. The van der Waals surface area contributed by atoms with Crippen LogP contribution in [-0.2, 0) is 9.59 Å². The van der Waals surface area contributed by atoms with Gasteiger partial charge in [0.1, 0.15) is 5.75 Å². The van der Waals surface area contributed by atoms with Crippen molar-refractivity contribution < 1.29 is 19.4 Å². The number of carbonyl (C=O) groups excluding carboxylic acids is 1. The van der Waals surface area contributed by atoms with Crippen molar-refractivity contribution in [2.24, 2.45) is 11.8 Å². The summed E-state index contributed by atoms with van der Waals surface area (Å²) in [6.07, 6.45) is 2.01. The number of carboxylic acids is 1. The second-order valence-electron chi connectivity index (χ2n) is 5.86. The minimum Gasteiger partial charge on any atom is -0.493 e. The first-order chi connectivity index (χ1) is 10.5. The number of aliphatic carboxylic acids is 1. The summed E-state index contributed by atoms with van der Waals surface area (Å²) < 4.78 is 5.69. The van der Waals surface area contributed by atoms with Gasteiger partial charge in [0.15, 0.2) is 0 Å². The molecule has 2 atom stereocenters. The smallest absolute Gasteiger partial charge is 0.307 e. The van der Waals surface area contributed by atoms with Gasteiger partial charge in [-0.15, -0.1) is 0 Å². The number of benzene rings is 1. The molecule has 0 bridgehead atoms. The predicted molar refractivity (Wildman–Crippen MR) is 82.8 cm³/mol. The second kappa shape index (κ2) is 7.29. The van der Waals surface area contributed by atoms with E-state index in [9.17, 15) is 9.59 Å². The maximum atomic E-state index is 12.2. The summed E-state index contributed by atoms with van der Waals surface area (Å²) in [5.41, 5.74) is 1.09. The van der Waals surface area contributed by atoms with Crippen molar-refractivity contribution in [3.63, 3.8) is 0 Å². The minimum atomic E-state index is -0.860. The lowest BCUT2D eigenvalue weighted by atomic mass is 9.73. The second-order valence-corrected chi connectivity index (χ2v) is 5.86. The summed E-state index contributed by atoms with van der Waals surface area (Å²) >= 11 is 0. The topological polar surface area (TPSA) is 66.8 Å². The largest absolute Gasteiger partial charge is 0.493 e. The van der Waals surface area contributed by atoms with Crippen molar-refractivity contribution in [2.45, 2.75) is 26.2 Å². The van der Waals surface area contributed by atoms with Crippen molar-refractivity contribution in [3.05, 3.63) is 29.8 Å². The van der Waals surface area contributed by atoms with Gasteiger partial charge in [0, 0.05) is 13.6 Å². The third-order valence-corrected chi connectivity index (χ3v) is 4.27. The molecule has 0 heterocycles. The first-order valence-corrected chi connectivity index (χ1v) is 7.67. The average Bonchev–Trinajstić information content (AvgIpc) is 2.43. The van der Waals surface area contributed by atoms with Gasteiger partial charge < -0.3 is 14.7 Å². The van der Waals surface area contributed by atoms with E-state index in [0.29, 0.717) is 26.0 Å². The molecule has 2 rings (SSSR count). The van der Waals surface area contributed by atoms with Crippen LogP contribution in [0.3, 0.4) is 0 Å². The summed E-state index contributed by atoms with van der Waals surface area (Å²) in [7, 11) is 1.73. The molecule has 1 aromatic carbocycles. The fourth-order valence-corrected chi connectivity index (χ4v) is 2.69. The fraction of sp³-hybridized carbons (Fsp3) is 0.529. The van der Waals surface area contributed by atoms with Gasteiger partial charge in [-0.2, -0.15) is 0 Å². The molecule has 0 saturated heterocycles. The van der Waals surface area contributed by atoms with Gasteiger partial charge in [0.05, 0.1) is 18.4 Å². The van der Waals surface area contributed by atoms with Crippen LogP contribution in [0.1, 0.15) is 24.8 Å². The van der Waals surface area contributed by atoms with Gasteiger partial charge in [-0.25, -0.2) is 0 Å². The number of para-hydroxylation sites is 1. The van der Waals surface area contributed by atoms with Crippen molar-refractivity contribution >= 4 is 11.9 Å². The molecule has 5 heteroatoms. The quantitative estimate of drug-likeness (QED) is 0.785. The zero-order chi connectivity index (χ0) is 16.1. The monoisotopic (exact) mass is 305 g/mol. The molecular formula is C17H23NO4. The molecular weight excluding hydrogens is 282 g/mol. The molecule has 5 nitrogen and oxygen atoms in total. The lowest BCUT2D eigenvalue weighted by Crippen LogP contribution is -2.45. The highest BCUT2D eigenvalue weighted by Gasteiger charge is 2.42. The first kappa shape index (κ1) is 16.3. The van der Waals surface area contributed by atoms with E-state index in [4.69, 9.17) is 9.84 Å². The van der Waals surface area contributed by atoms with Gasteiger partial charge in [-0.05, 0) is 37.8 Å². The van der Waals surface area contributed by atoms with E-state index in [1.807, 2.05) is 31.2 Å². The van der Waals surface area contributed by atoms with Gasteiger partial charge in [-0.3, -0.25) is 9.59 Å². The molecule has 1 fully saturated rings. The molecule has 0 radical (unpaired) electrons. The van der Waals surface area contributed by atoms with E-state index >= 15 is 0 Å². The molecule has 1 saturated carbocycles. The summed E-state index contributed by atoms with van der Waals surface area (Å²) in [5.74, 6) is -0.908. The number of carbonyl (C=O) groups is 2. The Labute approximate surface area is 130 Å². The third kappa shape index (κ3) is 3.78. The molecule has 22 heavy (non-hydrogen) atoms. The predicted octanol–water partition coefficient (Wildman–Crippen LogP) is 2.33. The molecule has 1 aliphatic rings. The molecule has 1 amide bonds. The number of amides is 1. The van der Waals surface area contributed by atoms with Crippen LogP contribution in [0.15, 0.2) is 24.3 Å². The van der Waals surface area contributed by atoms with E-state index in [-0.39, 0.29) is 11.8 Å². The van der Waals surface area contributed by atoms with Gasteiger partial charge in [0.2, 0.25) is 5.91 Å². The Bertz CT molecular complexity index is 543. The lowest BCUT2D eigenvalue weighted by Gasteiger charge is -2.35. The highest BCUT2D eigenvalue weighted by atomic mass is 16.5. The Balaban J connectivity index is 1.72. The Morgan fingerprint density at radius 1 is 1.27 bits per heavy atom. The lowest BCUT2D eigenvalue weighted by molar-refractivity contribution is -0.156. The number of hydrogen-bond donors (Lipinski definition) is 1. The molecule has 1 N–H and O–H groups in total. The maximum Gasteiger partial charge on any atom is 0.307 e. The number of hydrogen-bond acceptors (Lipinski definition) is 3. The summed E-state index contributed by atoms with van der Waals surface area (Å²) in [5, 5.41) is 9.01. The Morgan fingerprint density at radius 3 is 2.55 bits per heavy atom. The highest BCUT2D eigenvalue weighted by Crippen LogP contribution is 2.35. The normalized spacial score (nSPS) is 20.1. The number of nitrogens with zero attached hydrogens (tertiary/aromatic N) is 1. The van der Waals surface area contributed by atoms with Crippen LogP contribution in [0, 0.1) is 18.8 Å². The van der Waals surface area contributed by atoms with E-state index in [2.05, 4.69) is 0 Å². The number of rotatable bonds is 7. The zero-order valence-corrected chi connectivity index (χ0v) is 13.1. The minimum absolute atomic E-state index is 0.0606. The van der Waals surface area contributed by atoms with Crippen LogP contribution in [-0.4, -0.2) is 42.1 Å². The average molecular weight is 305 g/mol. The van der Waals surface area contributed by atoms with E-state index in [0.717, 1.165) is 17.7 Å². The number of carboxylic acid groups (broad SMARTS) is 1. The van der Waals surface area contributed by atoms with E-state index < -0.39 is 11.9 Å². The van der Waals surface area contributed by atoms with Crippen molar-refractivity contribution in [3.8, 4) is 5.75 Å². The Hall–Kier alpha value is -2.04. The molecule has 1 aromatic rings. The van der Waals surface area contributed by atoms with Crippen LogP contribution in [0.25, 0.3) is 0 Å². The summed E-state index contributed by atoms with van der Waals surface area (Å²) in [6, 6.07) is 7.82. The van der Waals surface area contributed by atoms with Crippen molar-refractivity contribution in [2.75, 3.05) is 20.2 Å². The van der Waals surface area contributed by atoms with Crippen LogP contribution in [0.2, 0.25) is 0 Å². The molecule has 0 aromatic heterocycles. The van der Waals surface area contributed by atoms with Crippen molar-refractivity contribution in [1.29, 1.82) is 0 Å². The number of ether oxygens (including phenoxy) is 1. The molecule has 1 aliphatic carbocycles. The Kier molecular flexibility index (Phi) is 5.41. The van der Waals surface area contributed by atoms with E-state index in [1.165, 1.54) is 0 Å². The SMILES string of the molecule is Cc1ccccc1OCCCN(C)C(=O)C1CCC1C(=O)O. The van der Waals surface area contributed by atoms with Crippen molar-refractivity contribution in [1.82, 2.24) is 4.90 Å². The molecule has 120 valence electrons. The molecule has 2 unspecified atom stereocenters.